The first-order valence-electron chi connectivity index (χ1n) is 9.14. The van der Waals surface area contributed by atoms with Crippen molar-refractivity contribution in [3.63, 3.8) is 0 Å². The Labute approximate surface area is 170 Å². The predicted molar refractivity (Wildman–Crippen MR) is 114 cm³/mol. The molecule has 4 nitrogen and oxygen atoms in total. The lowest BCUT2D eigenvalue weighted by Gasteiger charge is -2.12. The van der Waals surface area contributed by atoms with Gasteiger partial charge in [-0.2, -0.15) is 0 Å². The number of fused-ring (bicyclic) bond motifs is 1. The van der Waals surface area contributed by atoms with Crippen molar-refractivity contribution in [3.8, 4) is 17.2 Å². The molecule has 0 saturated heterocycles. The van der Waals surface area contributed by atoms with Gasteiger partial charge in [0, 0.05) is 0 Å². The second-order valence-corrected chi connectivity index (χ2v) is 8.69. The fourth-order valence-electron chi connectivity index (χ4n) is 3.11. The largest absolute Gasteiger partial charge is 0.493 e. The fourth-order valence-corrected chi connectivity index (χ4v) is 4.37. The lowest BCUT2D eigenvalue weighted by atomic mass is 10.1. The average molecular weight is 404 g/mol. The van der Waals surface area contributed by atoms with Crippen molar-refractivity contribution in [3.05, 3.63) is 90.5 Å². The van der Waals surface area contributed by atoms with Crippen molar-refractivity contribution in [1.82, 2.24) is 0 Å². The van der Waals surface area contributed by atoms with Crippen molar-refractivity contribution in [1.29, 1.82) is 0 Å². The summed E-state index contributed by atoms with van der Waals surface area (Å²) in [4.78, 5) is 0.493. The minimum absolute atomic E-state index is 0.221. The Balaban J connectivity index is 1.63. The van der Waals surface area contributed by atoms with Gasteiger partial charge in [-0.25, -0.2) is 8.42 Å². The fraction of sp³-hybridized carbons (Fsp3) is 0.0833. The van der Waals surface area contributed by atoms with E-state index < -0.39 is 9.84 Å². The van der Waals surface area contributed by atoms with Crippen molar-refractivity contribution < 1.29 is 17.9 Å². The molecule has 0 aliphatic carbocycles. The molecule has 0 spiro atoms. The molecule has 0 bridgehead atoms. The monoisotopic (exact) mass is 404 g/mol. The molecule has 4 aromatic carbocycles. The summed E-state index contributed by atoms with van der Waals surface area (Å²) >= 11 is 0. The zero-order valence-electron chi connectivity index (χ0n) is 16.1. The van der Waals surface area contributed by atoms with Crippen LogP contribution < -0.4 is 9.47 Å². The van der Waals surface area contributed by atoms with Gasteiger partial charge in [0.1, 0.15) is 5.75 Å². The smallest absolute Gasteiger partial charge is 0.206 e. The first kappa shape index (κ1) is 19.0. The number of aryl methyl sites for hydroxylation is 1. The van der Waals surface area contributed by atoms with Gasteiger partial charge in [-0.1, -0.05) is 42.0 Å². The Kier molecular flexibility index (Phi) is 4.99. The average Bonchev–Trinajstić information content (AvgIpc) is 2.74. The minimum Gasteiger partial charge on any atom is -0.493 e. The summed E-state index contributed by atoms with van der Waals surface area (Å²) < 4.78 is 37.0. The van der Waals surface area contributed by atoms with Crippen molar-refractivity contribution in [2.24, 2.45) is 0 Å². The lowest BCUT2D eigenvalue weighted by Crippen LogP contribution is -2.01. The zero-order valence-corrected chi connectivity index (χ0v) is 16.9. The summed E-state index contributed by atoms with van der Waals surface area (Å²) in [6.07, 6.45) is 0. The molecule has 0 amide bonds. The molecule has 0 saturated carbocycles. The quantitative estimate of drug-likeness (QED) is 0.423. The van der Waals surface area contributed by atoms with Crippen molar-refractivity contribution in [2.45, 2.75) is 16.7 Å². The normalized spacial score (nSPS) is 11.4. The Hall–Kier alpha value is -3.31. The van der Waals surface area contributed by atoms with Crippen molar-refractivity contribution in [2.75, 3.05) is 7.11 Å². The van der Waals surface area contributed by atoms with E-state index >= 15 is 0 Å². The number of hydrogen-bond acceptors (Lipinski definition) is 4. The molecule has 5 heteroatoms. The van der Waals surface area contributed by atoms with Crippen LogP contribution in [0, 0.1) is 6.92 Å². The van der Waals surface area contributed by atoms with Crippen LogP contribution in [0.5, 0.6) is 17.2 Å². The standard InChI is InChI=1S/C24H20O4S/c1-17-7-11-21(12-8-17)29(25,26)22-13-9-20(10-14-22)28-24-16-19-6-4-3-5-18(19)15-23(24)27-2/h3-16H,1-2H3. The summed E-state index contributed by atoms with van der Waals surface area (Å²) in [7, 11) is -1.98. The highest BCUT2D eigenvalue weighted by Crippen LogP contribution is 2.36. The molecule has 29 heavy (non-hydrogen) atoms. The van der Waals surface area contributed by atoms with E-state index in [-0.39, 0.29) is 9.79 Å². The van der Waals surface area contributed by atoms with E-state index in [4.69, 9.17) is 9.47 Å². The van der Waals surface area contributed by atoms with Gasteiger partial charge in [-0.15, -0.1) is 0 Å². The molecular weight excluding hydrogens is 384 g/mol. The van der Waals surface area contributed by atoms with E-state index in [1.807, 2.05) is 43.3 Å². The third kappa shape index (κ3) is 3.82. The first-order chi connectivity index (χ1) is 14.0. The highest BCUT2D eigenvalue weighted by molar-refractivity contribution is 7.91. The van der Waals surface area contributed by atoms with Crippen LogP contribution in [0.25, 0.3) is 10.8 Å². The highest BCUT2D eigenvalue weighted by atomic mass is 32.2. The van der Waals surface area contributed by atoms with E-state index in [0.29, 0.717) is 17.2 Å². The molecule has 0 unspecified atom stereocenters. The minimum atomic E-state index is -3.57. The van der Waals surface area contributed by atoms with Gasteiger partial charge in [0.25, 0.3) is 0 Å². The summed E-state index contributed by atoms with van der Waals surface area (Å²) in [6.45, 7) is 1.92. The molecule has 0 aliphatic rings. The maximum Gasteiger partial charge on any atom is 0.206 e. The van der Waals surface area contributed by atoms with Crippen LogP contribution in [0.3, 0.4) is 0 Å². The van der Waals surface area contributed by atoms with Crippen LogP contribution in [0.15, 0.2) is 94.7 Å². The van der Waals surface area contributed by atoms with Gasteiger partial charge in [-0.3, -0.25) is 0 Å². The van der Waals surface area contributed by atoms with Gasteiger partial charge in [-0.05, 0) is 66.2 Å². The SMILES string of the molecule is COc1cc2ccccc2cc1Oc1ccc(S(=O)(=O)c2ccc(C)cc2)cc1. The van der Waals surface area contributed by atoms with Gasteiger partial charge in [0.2, 0.25) is 9.84 Å². The van der Waals surface area contributed by atoms with Gasteiger partial charge < -0.3 is 9.47 Å². The van der Waals surface area contributed by atoms with Crippen LogP contribution in [-0.2, 0) is 9.84 Å². The molecule has 0 fully saturated rings. The number of hydrogen-bond donors (Lipinski definition) is 0. The van der Waals surface area contributed by atoms with Crippen LogP contribution in [0.2, 0.25) is 0 Å². The molecule has 0 atom stereocenters. The molecule has 0 N–H and O–H groups in total. The molecule has 0 radical (unpaired) electrons. The number of benzene rings is 4. The molecule has 0 heterocycles. The molecule has 0 aromatic heterocycles. The summed E-state index contributed by atoms with van der Waals surface area (Å²) in [5.74, 6) is 1.71. The maximum atomic E-state index is 12.8. The number of methoxy groups -OCH3 is 1. The molecule has 146 valence electrons. The molecule has 0 aliphatic heterocycles. The van der Waals surface area contributed by atoms with E-state index in [1.54, 1.807) is 55.6 Å². The van der Waals surface area contributed by atoms with E-state index in [1.165, 1.54) is 0 Å². The summed E-state index contributed by atoms with van der Waals surface area (Å²) in [5, 5.41) is 2.08. The Morgan fingerprint density at radius 2 is 1.21 bits per heavy atom. The van der Waals surface area contributed by atoms with E-state index in [2.05, 4.69) is 0 Å². The third-order valence-electron chi connectivity index (χ3n) is 4.73. The Morgan fingerprint density at radius 3 is 1.76 bits per heavy atom. The Bertz CT molecular complexity index is 1260. The molecule has 4 rings (SSSR count). The van der Waals surface area contributed by atoms with Crippen LogP contribution >= 0.6 is 0 Å². The second-order valence-electron chi connectivity index (χ2n) is 6.74. The summed E-state index contributed by atoms with van der Waals surface area (Å²) in [5.41, 5.74) is 1.01. The van der Waals surface area contributed by atoms with Crippen LogP contribution in [-0.4, -0.2) is 15.5 Å². The zero-order chi connectivity index (χ0) is 20.4. The maximum absolute atomic E-state index is 12.8. The number of rotatable bonds is 5. The lowest BCUT2D eigenvalue weighted by molar-refractivity contribution is 0.379. The van der Waals surface area contributed by atoms with Gasteiger partial charge >= 0.3 is 0 Å². The Morgan fingerprint density at radius 1 is 0.690 bits per heavy atom. The van der Waals surface area contributed by atoms with Gasteiger partial charge in [0.05, 0.1) is 16.9 Å². The third-order valence-corrected chi connectivity index (χ3v) is 6.51. The first-order valence-corrected chi connectivity index (χ1v) is 10.6. The highest BCUT2D eigenvalue weighted by Gasteiger charge is 2.17. The number of sulfone groups is 1. The van der Waals surface area contributed by atoms with Crippen LogP contribution in [0.4, 0.5) is 0 Å². The predicted octanol–water partition coefficient (Wildman–Crippen LogP) is 5.78. The molecular formula is C24H20O4S. The second kappa shape index (κ2) is 7.60. The van der Waals surface area contributed by atoms with Crippen molar-refractivity contribution >= 4 is 20.6 Å². The summed E-state index contributed by atoms with van der Waals surface area (Å²) in [6, 6.07) is 25.0. The topological polar surface area (TPSA) is 52.6 Å². The van der Waals surface area contributed by atoms with Crippen LogP contribution in [0.1, 0.15) is 5.56 Å². The molecule has 4 aromatic rings. The number of ether oxygens (including phenoxy) is 2. The van der Waals surface area contributed by atoms with E-state index in [9.17, 15) is 8.42 Å². The van der Waals surface area contributed by atoms with Gasteiger partial charge in [0.15, 0.2) is 11.5 Å². The van der Waals surface area contributed by atoms with E-state index in [0.717, 1.165) is 16.3 Å².